The maximum Gasteiger partial charge on any atom is 0.416 e. The largest absolute Gasteiger partial charge is 0.416 e. The second-order valence-electron chi connectivity index (χ2n) is 7.80. The molecule has 0 atom stereocenters. The average molecular weight is 561 g/mol. The molecule has 1 fully saturated rings. The van der Waals surface area contributed by atoms with Crippen LogP contribution in [0.25, 0.3) is 0 Å². The van der Waals surface area contributed by atoms with E-state index in [0.717, 1.165) is 4.90 Å². The van der Waals surface area contributed by atoms with Gasteiger partial charge < -0.3 is 19.6 Å². The highest BCUT2D eigenvalue weighted by atomic mass is 35.5. The first-order valence-electron chi connectivity index (χ1n) is 10.6. The van der Waals surface area contributed by atoms with Crippen LogP contribution in [-0.4, -0.2) is 65.3 Å². The summed E-state index contributed by atoms with van der Waals surface area (Å²) in [5.74, 6) is -0.780. The number of hydrogen-bond acceptors (Lipinski definition) is 6. The Labute approximate surface area is 211 Å². The molecular weight excluding hydrogens is 541 g/mol. The summed E-state index contributed by atoms with van der Waals surface area (Å²) in [5, 5.41) is 8.52. The molecular formula is C21H20Cl2F6N4O3. The number of halogens is 8. The van der Waals surface area contributed by atoms with Gasteiger partial charge in [-0.15, -0.1) is 0 Å². The minimum absolute atomic E-state index is 0.00464. The van der Waals surface area contributed by atoms with E-state index in [1.165, 1.54) is 0 Å². The number of aliphatic hydroxyl groups is 1. The van der Waals surface area contributed by atoms with E-state index < -0.39 is 48.1 Å². The van der Waals surface area contributed by atoms with E-state index in [-0.39, 0.29) is 40.8 Å². The van der Waals surface area contributed by atoms with Crippen molar-refractivity contribution in [3.05, 3.63) is 50.8 Å². The number of morpholine rings is 1. The van der Waals surface area contributed by atoms with Crippen molar-refractivity contribution in [1.29, 1.82) is 0 Å². The Kier molecular flexibility index (Phi) is 8.91. The maximum atomic E-state index is 13.3. The predicted molar refractivity (Wildman–Crippen MR) is 118 cm³/mol. The minimum atomic E-state index is -5.05. The van der Waals surface area contributed by atoms with Crippen LogP contribution in [0.3, 0.4) is 0 Å². The predicted octanol–water partition coefficient (Wildman–Crippen LogP) is 4.68. The van der Waals surface area contributed by atoms with E-state index in [0.29, 0.717) is 38.4 Å². The van der Waals surface area contributed by atoms with Gasteiger partial charge in [-0.2, -0.15) is 26.3 Å². The normalized spacial score (nSPS) is 14.8. The van der Waals surface area contributed by atoms with E-state index in [9.17, 15) is 36.2 Å². The third kappa shape index (κ3) is 6.90. The topological polar surface area (TPSA) is 78.8 Å². The first kappa shape index (κ1) is 28.2. The molecule has 198 valence electrons. The van der Waals surface area contributed by atoms with Crippen LogP contribution in [0.4, 0.5) is 32.3 Å². The van der Waals surface area contributed by atoms with Gasteiger partial charge in [-0.3, -0.25) is 4.79 Å². The average Bonchev–Trinajstić information content (AvgIpc) is 2.80. The fraction of sp³-hybridized carbons (Fsp3) is 0.476. The number of ether oxygens (including phenoxy) is 1. The van der Waals surface area contributed by atoms with Crippen molar-refractivity contribution in [2.24, 2.45) is 0 Å². The summed E-state index contributed by atoms with van der Waals surface area (Å²) < 4.78 is 84.8. The summed E-state index contributed by atoms with van der Waals surface area (Å²) in [5.41, 5.74) is -3.83. The van der Waals surface area contributed by atoms with Crippen molar-refractivity contribution in [1.82, 2.24) is 14.9 Å². The number of hydrogen-bond donors (Lipinski definition) is 1. The summed E-state index contributed by atoms with van der Waals surface area (Å²) in [4.78, 5) is 24.1. The molecule has 2 aromatic rings. The van der Waals surface area contributed by atoms with Crippen molar-refractivity contribution in [2.45, 2.75) is 25.3 Å². The molecule has 3 rings (SSSR count). The first-order valence-corrected chi connectivity index (χ1v) is 11.3. The van der Waals surface area contributed by atoms with E-state index in [2.05, 4.69) is 9.97 Å². The van der Waals surface area contributed by atoms with Crippen LogP contribution < -0.4 is 4.90 Å². The van der Waals surface area contributed by atoms with E-state index in [1.807, 2.05) is 0 Å². The van der Waals surface area contributed by atoms with Gasteiger partial charge in [0.1, 0.15) is 15.9 Å². The van der Waals surface area contributed by atoms with Gasteiger partial charge in [0.2, 0.25) is 5.95 Å². The van der Waals surface area contributed by atoms with Crippen molar-refractivity contribution in [3.8, 4) is 0 Å². The molecule has 0 radical (unpaired) electrons. The zero-order chi connectivity index (χ0) is 26.7. The number of alkyl halides is 6. The fourth-order valence-electron chi connectivity index (χ4n) is 3.48. The number of rotatable bonds is 7. The number of carbonyl (C=O) groups is 1. The molecule has 1 aromatic heterocycles. The number of amides is 1. The fourth-order valence-corrected chi connectivity index (χ4v) is 4.02. The van der Waals surface area contributed by atoms with Crippen molar-refractivity contribution in [3.63, 3.8) is 0 Å². The monoisotopic (exact) mass is 560 g/mol. The third-order valence-electron chi connectivity index (χ3n) is 5.21. The van der Waals surface area contributed by atoms with Crippen LogP contribution in [0.1, 0.15) is 33.5 Å². The summed E-state index contributed by atoms with van der Waals surface area (Å²) in [6.45, 7) is 0.443. The van der Waals surface area contributed by atoms with Gasteiger partial charge in [0.25, 0.3) is 5.91 Å². The first-order chi connectivity index (χ1) is 16.8. The molecule has 0 saturated carbocycles. The van der Waals surface area contributed by atoms with Crippen molar-refractivity contribution < 1.29 is 41.0 Å². The summed E-state index contributed by atoms with van der Waals surface area (Å²) in [7, 11) is 0. The van der Waals surface area contributed by atoms with Crippen LogP contribution in [0, 0.1) is 0 Å². The molecule has 1 aromatic carbocycles. The molecule has 1 saturated heterocycles. The maximum absolute atomic E-state index is 13.3. The summed E-state index contributed by atoms with van der Waals surface area (Å²) in [6.07, 6.45) is -10.1. The van der Waals surface area contributed by atoms with Gasteiger partial charge in [-0.05, 0) is 30.2 Å². The summed E-state index contributed by atoms with van der Waals surface area (Å²) >= 11 is 12.4. The zero-order valence-corrected chi connectivity index (χ0v) is 20.0. The molecule has 1 aliphatic heterocycles. The highest BCUT2D eigenvalue weighted by Crippen LogP contribution is 2.37. The van der Waals surface area contributed by atoms with E-state index in [1.54, 1.807) is 4.90 Å². The van der Waals surface area contributed by atoms with Gasteiger partial charge in [0.15, 0.2) is 0 Å². The van der Waals surface area contributed by atoms with Crippen molar-refractivity contribution in [2.75, 3.05) is 44.4 Å². The second kappa shape index (κ2) is 11.4. The Bertz CT molecular complexity index is 1040. The Morgan fingerprint density at radius 3 is 2.00 bits per heavy atom. The van der Waals surface area contributed by atoms with E-state index in [4.69, 9.17) is 27.9 Å². The van der Waals surface area contributed by atoms with E-state index >= 15 is 0 Å². The van der Waals surface area contributed by atoms with Gasteiger partial charge in [-0.1, -0.05) is 23.2 Å². The lowest BCUT2D eigenvalue weighted by molar-refractivity contribution is -0.143. The van der Waals surface area contributed by atoms with Gasteiger partial charge in [-0.25, -0.2) is 9.97 Å². The molecule has 0 unspecified atom stereocenters. The molecule has 1 aliphatic rings. The standard InChI is InChI=1S/C21H20Cl2F6N4O3/c22-16-15(17(23)31-19(30-16)32-3-6-36-7-4-32)18(35)33(2-1-5-34)11-12-8-13(20(24,25)26)10-14(9-12)21(27,28)29/h8-10,34H,1-7,11H2. The van der Waals surface area contributed by atoms with Crippen LogP contribution in [0.2, 0.25) is 10.3 Å². The van der Waals surface area contributed by atoms with Crippen LogP contribution in [-0.2, 0) is 23.6 Å². The number of benzene rings is 1. The van der Waals surface area contributed by atoms with Gasteiger partial charge in [0, 0.05) is 32.8 Å². The molecule has 36 heavy (non-hydrogen) atoms. The van der Waals surface area contributed by atoms with Crippen LogP contribution in [0.5, 0.6) is 0 Å². The Hall–Kier alpha value is -2.35. The molecule has 1 N–H and O–H groups in total. The number of anilines is 1. The van der Waals surface area contributed by atoms with Gasteiger partial charge >= 0.3 is 12.4 Å². The smallest absolute Gasteiger partial charge is 0.396 e. The number of aromatic nitrogens is 2. The number of nitrogens with zero attached hydrogens (tertiary/aromatic N) is 4. The lowest BCUT2D eigenvalue weighted by Crippen LogP contribution is -2.38. The lowest BCUT2D eigenvalue weighted by Gasteiger charge is -2.28. The Morgan fingerprint density at radius 2 is 1.53 bits per heavy atom. The zero-order valence-electron chi connectivity index (χ0n) is 18.5. The molecule has 0 aliphatic carbocycles. The molecule has 0 bridgehead atoms. The minimum Gasteiger partial charge on any atom is -0.396 e. The van der Waals surface area contributed by atoms with Crippen LogP contribution in [0.15, 0.2) is 18.2 Å². The van der Waals surface area contributed by atoms with Crippen LogP contribution >= 0.6 is 23.2 Å². The summed E-state index contributed by atoms with van der Waals surface area (Å²) in [6, 6.07) is 1.04. The Balaban J connectivity index is 1.96. The molecule has 2 heterocycles. The lowest BCUT2D eigenvalue weighted by atomic mass is 10.0. The quantitative estimate of drug-likeness (QED) is 0.391. The Morgan fingerprint density at radius 1 is 1.00 bits per heavy atom. The third-order valence-corrected chi connectivity index (χ3v) is 5.76. The number of carbonyl (C=O) groups excluding carboxylic acids is 1. The molecule has 7 nitrogen and oxygen atoms in total. The molecule has 15 heteroatoms. The van der Waals surface area contributed by atoms with Crippen molar-refractivity contribution >= 4 is 35.1 Å². The number of aliphatic hydroxyl groups excluding tert-OH is 1. The molecule has 1 amide bonds. The molecule has 0 spiro atoms. The second-order valence-corrected chi connectivity index (χ2v) is 8.51. The highest BCUT2D eigenvalue weighted by Gasteiger charge is 2.37. The SMILES string of the molecule is O=C(c1c(Cl)nc(N2CCOCC2)nc1Cl)N(CCCO)Cc1cc(C(F)(F)F)cc(C(F)(F)F)c1. The highest BCUT2D eigenvalue weighted by molar-refractivity contribution is 6.38. The van der Waals surface area contributed by atoms with Gasteiger partial charge in [0.05, 0.1) is 24.3 Å².